The molecule has 0 unspecified atom stereocenters. The minimum absolute atomic E-state index is 0.0667. The van der Waals surface area contributed by atoms with Crippen molar-refractivity contribution < 1.29 is 4.39 Å². The molecule has 0 amide bonds. The van der Waals surface area contributed by atoms with Crippen LogP contribution in [0.25, 0.3) is 10.9 Å². The number of hydrogen-bond donors (Lipinski definition) is 0. The Kier molecular flexibility index (Phi) is 3.17. The molecular formula is C16H10ClFN2. The number of rotatable bonds is 2. The third-order valence-corrected chi connectivity index (χ3v) is 3.63. The standard InChI is InChI=1S/C16H10ClFN2/c17-14-5-2-6-15-13(14)7-8-20(15)10-12-4-1-3-11(9-19)16(12)18/h1-8H,10H2. The largest absolute Gasteiger partial charge is 0.343 e. The minimum atomic E-state index is -0.459. The van der Waals surface area contributed by atoms with E-state index in [0.717, 1.165) is 10.9 Å². The van der Waals surface area contributed by atoms with E-state index in [4.69, 9.17) is 16.9 Å². The molecule has 1 heterocycles. The van der Waals surface area contributed by atoms with Gasteiger partial charge in [-0.1, -0.05) is 29.8 Å². The summed E-state index contributed by atoms with van der Waals surface area (Å²) in [6.07, 6.45) is 1.87. The van der Waals surface area contributed by atoms with Crippen molar-refractivity contribution in [1.29, 1.82) is 5.26 Å². The Morgan fingerprint density at radius 2 is 1.95 bits per heavy atom. The first-order valence-electron chi connectivity index (χ1n) is 6.11. The molecule has 4 heteroatoms. The van der Waals surface area contributed by atoms with Crippen molar-refractivity contribution in [3.63, 3.8) is 0 Å². The first-order chi connectivity index (χ1) is 9.70. The van der Waals surface area contributed by atoms with Gasteiger partial charge in [-0.3, -0.25) is 0 Å². The topological polar surface area (TPSA) is 28.7 Å². The van der Waals surface area contributed by atoms with Crippen LogP contribution in [0.2, 0.25) is 5.02 Å². The van der Waals surface area contributed by atoms with Crippen LogP contribution in [0, 0.1) is 17.1 Å². The zero-order chi connectivity index (χ0) is 14.1. The molecule has 0 saturated heterocycles. The molecular weight excluding hydrogens is 275 g/mol. The van der Waals surface area contributed by atoms with Crippen LogP contribution in [0.4, 0.5) is 4.39 Å². The maximum absolute atomic E-state index is 14.1. The van der Waals surface area contributed by atoms with Crippen LogP contribution in [-0.4, -0.2) is 4.57 Å². The monoisotopic (exact) mass is 284 g/mol. The number of nitrogens with zero attached hydrogens (tertiary/aromatic N) is 2. The highest BCUT2D eigenvalue weighted by Crippen LogP contribution is 2.25. The lowest BCUT2D eigenvalue weighted by Crippen LogP contribution is -2.01. The average Bonchev–Trinajstić information content (AvgIpc) is 2.86. The summed E-state index contributed by atoms with van der Waals surface area (Å²) >= 11 is 6.12. The summed E-state index contributed by atoms with van der Waals surface area (Å²) in [6, 6.07) is 14.2. The van der Waals surface area contributed by atoms with Gasteiger partial charge < -0.3 is 4.57 Å². The molecule has 98 valence electrons. The van der Waals surface area contributed by atoms with Crippen molar-refractivity contribution in [2.75, 3.05) is 0 Å². The molecule has 0 spiro atoms. The number of aromatic nitrogens is 1. The third kappa shape index (κ3) is 2.04. The molecule has 0 radical (unpaired) electrons. The van der Waals surface area contributed by atoms with Crippen LogP contribution in [0.15, 0.2) is 48.7 Å². The highest BCUT2D eigenvalue weighted by molar-refractivity contribution is 6.35. The second kappa shape index (κ2) is 4.99. The van der Waals surface area contributed by atoms with Crippen LogP contribution in [0.1, 0.15) is 11.1 Å². The number of nitriles is 1. The van der Waals surface area contributed by atoms with Crippen LogP contribution in [0.5, 0.6) is 0 Å². The number of benzene rings is 2. The van der Waals surface area contributed by atoms with Gasteiger partial charge in [-0.05, 0) is 24.3 Å². The molecule has 0 atom stereocenters. The number of halogens is 2. The lowest BCUT2D eigenvalue weighted by molar-refractivity contribution is 0.598. The fourth-order valence-corrected chi connectivity index (χ4v) is 2.53. The Morgan fingerprint density at radius 3 is 2.75 bits per heavy atom. The van der Waals surface area contributed by atoms with Gasteiger partial charge in [0.05, 0.1) is 12.1 Å². The molecule has 2 nitrogen and oxygen atoms in total. The summed E-state index contributed by atoms with van der Waals surface area (Å²) in [6.45, 7) is 0.366. The first kappa shape index (κ1) is 12.7. The highest BCUT2D eigenvalue weighted by Gasteiger charge is 2.10. The van der Waals surface area contributed by atoms with Gasteiger partial charge in [0.1, 0.15) is 11.9 Å². The summed E-state index contributed by atoms with van der Waals surface area (Å²) in [5, 5.41) is 10.5. The van der Waals surface area contributed by atoms with Gasteiger partial charge in [0, 0.05) is 27.7 Å². The molecule has 0 N–H and O–H groups in total. The van der Waals surface area contributed by atoms with Crippen LogP contribution in [0.3, 0.4) is 0 Å². The van der Waals surface area contributed by atoms with E-state index in [9.17, 15) is 4.39 Å². The van der Waals surface area contributed by atoms with Gasteiger partial charge in [-0.2, -0.15) is 5.26 Å². The van der Waals surface area contributed by atoms with Gasteiger partial charge in [0.2, 0.25) is 0 Å². The Labute approximate surface area is 120 Å². The molecule has 0 bridgehead atoms. The molecule has 1 aromatic heterocycles. The lowest BCUT2D eigenvalue weighted by atomic mass is 10.1. The van der Waals surface area contributed by atoms with E-state index in [-0.39, 0.29) is 5.56 Å². The minimum Gasteiger partial charge on any atom is -0.343 e. The molecule has 3 rings (SSSR count). The molecule has 3 aromatic rings. The third-order valence-electron chi connectivity index (χ3n) is 3.30. The van der Waals surface area contributed by atoms with Crippen molar-refractivity contribution in [1.82, 2.24) is 4.57 Å². The Hall–Kier alpha value is -2.31. The molecule has 0 aliphatic carbocycles. The fourth-order valence-electron chi connectivity index (χ4n) is 2.30. The van der Waals surface area contributed by atoms with Gasteiger partial charge >= 0.3 is 0 Å². The number of hydrogen-bond acceptors (Lipinski definition) is 1. The smallest absolute Gasteiger partial charge is 0.145 e. The van der Waals surface area contributed by atoms with Crippen molar-refractivity contribution in [2.24, 2.45) is 0 Å². The summed E-state index contributed by atoms with van der Waals surface area (Å²) < 4.78 is 16.0. The van der Waals surface area contributed by atoms with E-state index in [1.165, 1.54) is 6.07 Å². The van der Waals surface area contributed by atoms with E-state index < -0.39 is 5.82 Å². The van der Waals surface area contributed by atoms with Crippen LogP contribution < -0.4 is 0 Å². The Bertz CT molecular complexity index is 830. The summed E-state index contributed by atoms with van der Waals surface area (Å²) in [4.78, 5) is 0. The first-order valence-corrected chi connectivity index (χ1v) is 6.49. The summed E-state index contributed by atoms with van der Waals surface area (Å²) in [7, 11) is 0. The zero-order valence-corrected chi connectivity index (χ0v) is 11.2. The molecule has 0 saturated carbocycles. The fraction of sp³-hybridized carbons (Fsp3) is 0.0625. The van der Waals surface area contributed by atoms with Crippen molar-refractivity contribution in [2.45, 2.75) is 6.54 Å². The number of fused-ring (bicyclic) bond motifs is 1. The van der Waals surface area contributed by atoms with E-state index in [2.05, 4.69) is 0 Å². The lowest BCUT2D eigenvalue weighted by Gasteiger charge is -2.08. The van der Waals surface area contributed by atoms with Crippen LogP contribution >= 0.6 is 11.6 Å². The van der Waals surface area contributed by atoms with E-state index >= 15 is 0 Å². The summed E-state index contributed by atoms with van der Waals surface area (Å²) in [5.74, 6) is -0.459. The molecule has 2 aromatic carbocycles. The molecule has 0 fully saturated rings. The molecule has 20 heavy (non-hydrogen) atoms. The average molecular weight is 285 g/mol. The van der Waals surface area contributed by atoms with Gasteiger partial charge in [0.15, 0.2) is 0 Å². The second-order valence-electron chi connectivity index (χ2n) is 4.51. The predicted octanol–water partition coefficient (Wildman–Crippen LogP) is 4.35. The maximum Gasteiger partial charge on any atom is 0.145 e. The molecule has 0 aliphatic rings. The Morgan fingerprint density at radius 1 is 1.15 bits per heavy atom. The SMILES string of the molecule is N#Cc1cccc(Cn2ccc3c(Cl)cccc32)c1F. The maximum atomic E-state index is 14.1. The highest BCUT2D eigenvalue weighted by atomic mass is 35.5. The van der Waals surface area contributed by atoms with Crippen molar-refractivity contribution in [3.05, 3.63) is 70.6 Å². The van der Waals surface area contributed by atoms with E-state index in [1.54, 1.807) is 12.1 Å². The quantitative estimate of drug-likeness (QED) is 0.687. The predicted molar refractivity (Wildman–Crippen MR) is 77.2 cm³/mol. The summed E-state index contributed by atoms with van der Waals surface area (Å²) in [5.41, 5.74) is 1.50. The van der Waals surface area contributed by atoms with Crippen molar-refractivity contribution in [3.8, 4) is 6.07 Å². The van der Waals surface area contributed by atoms with E-state index in [1.807, 2.05) is 41.1 Å². The second-order valence-corrected chi connectivity index (χ2v) is 4.91. The van der Waals surface area contributed by atoms with Gasteiger partial charge in [0.25, 0.3) is 0 Å². The van der Waals surface area contributed by atoms with Crippen LogP contribution in [-0.2, 0) is 6.54 Å². The molecule has 0 aliphatic heterocycles. The van der Waals surface area contributed by atoms with E-state index in [0.29, 0.717) is 17.1 Å². The van der Waals surface area contributed by atoms with Gasteiger partial charge in [-0.15, -0.1) is 0 Å². The normalized spacial score (nSPS) is 10.7. The van der Waals surface area contributed by atoms with Gasteiger partial charge in [-0.25, -0.2) is 4.39 Å². The Balaban J connectivity index is 2.07. The zero-order valence-electron chi connectivity index (χ0n) is 10.5. The van der Waals surface area contributed by atoms with Crippen molar-refractivity contribution >= 4 is 22.5 Å².